The Morgan fingerprint density at radius 2 is 2.07 bits per heavy atom. The Morgan fingerprint density at radius 1 is 1.43 bits per heavy atom. The van der Waals surface area contributed by atoms with Crippen molar-refractivity contribution < 1.29 is 22.6 Å². The molecule has 1 rings (SSSR count). The SMILES string of the molecule is COC(c1cccc[n+]1[O-])C(F)(F)F. The maximum Gasteiger partial charge on any atom is 0.424 e. The molecule has 1 aromatic rings. The van der Waals surface area contributed by atoms with E-state index in [4.69, 9.17) is 0 Å². The zero-order chi connectivity index (χ0) is 10.8. The van der Waals surface area contributed by atoms with Gasteiger partial charge in [0.25, 0.3) is 0 Å². The normalized spacial score (nSPS) is 14.0. The Morgan fingerprint density at radius 3 is 2.50 bits per heavy atom. The number of pyridine rings is 1. The van der Waals surface area contributed by atoms with Gasteiger partial charge in [-0.05, 0) is 6.07 Å². The lowest BCUT2D eigenvalue weighted by Crippen LogP contribution is -2.38. The van der Waals surface area contributed by atoms with Crippen molar-refractivity contribution in [2.75, 3.05) is 7.11 Å². The molecular weight excluding hydrogens is 199 g/mol. The van der Waals surface area contributed by atoms with Crippen LogP contribution in [0.2, 0.25) is 0 Å². The summed E-state index contributed by atoms with van der Waals surface area (Å²) in [5.41, 5.74) is -0.470. The van der Waals surface area contributed by atoms with Crippen molar-refractivity contribution in [3.05, 3.63) is 35.3 Å². The molecule has 1 heterocycles. The molecule has 0 N–H and O–H groups in total. The first-order chi connectivity index (χ1) is 6.46. The van der Waals surface area contributed by atoms with Crippen LogP contribution < -0.4 is 4.73 Å². The van der Waals surface area contributed by atoms with E-state index >= 15 is 0 Å². The monoisotopic (exact) mass is 207 g/mol. The molecule has 0 spiro atoms. The lowest BCUT2D eigenvalue weighted by atomic mass is 10.2. The summed E-state index contributed by atoms with van der Waals surface area (Å²) >= 11 is 0. The van der Waals surface area contributed by atoms with E-state index in [1.807, 2.05) is 0 Å². The third kappa shape index (κ3) is 2.14. The molecular formula is C8H8F3NO2. The standard InChI is InChI=1S/C8H8F3NO2/c1-14-7(8(9,10)11)6-4-2-3-5-12(6)13/h2-5,7H,1H3. The highest BCUT2D eigenvalue weighted by Gasteiger charge is 2.45. The number of alkyl halides is 3. The van der Waals surface area contributed by atoms with Gasteiger partial charge in [0.1, 0.15) is 0 Å². The summed E-state index contributed by atoms with van der Waals surface area (Å²) in [6.45, 7) is 0. The molecule has 1 atom stereocenters. The number of halogens is 3. The molecule has 0 aliphatic heterocycles. The topological polar surface area (TPSA) is 36.2 Å². The van der Waals surface area contributed by atoms with Crippen molar-refractivity contribution in [2.24, 2.45) is 0 Å². The highest BCUT2D eigenvalue weighted by atomic mass is 19.4. The van der Waals surface area contributed by atoms with Gasteiger partial charge in [0.15, 0.2) is 6.20 Å². The molecule has 0 aliphatic rings. The van der Waals surface area contributed by atoms with Gasteiger partial charge in [-0.1, -0.05) is 0 Å². The predicted molar refractivity (Wildman–Crippen MR) is 41.2 cm³/mol. The van der Waals surface area contributed by atoms with Gasteiger partial charge in [-0.2, -0.15) is 17.9 Å². The number of nitrogens with zero attached hydrogens (tertiary/aromatic N) is 1. The number of rotatable bonds is 2. The van der Waals surface area contributed by atoms with Crippen LogP contribution in [0.5, 0.6) is 0 Å². The summed E-state index contributed by atoms with van der Waals surface area (Å²) in [7, 11) is 0.908. The zero-order valence-electron chi connectivity index (χ0n) is 7.28. The summed E-state index contributed by atoms with van der Waals surface area (Å²) in [5, 5.41) is 11.0. The van der Waals surface area contributed by atoms with E-state index in [0.717, 1.165) is 19.4 Å². The Hall–Kier alpha value is -1.30. The molecule has 0 radical (unpaired) electrons. The Kier molecular flexibility index (Phi) is 2.95. The summed E-state index contributed by atoms with van der Waals surface area (Å²) in [4.78, 5) is 0. The zero-order valence-corrected chi connectivity index (χ0v) is 7.28. The van der Waals surface area contributed by atoms with E-state index in [9.17, 15) is 18.4 Å². The third-order valence-electron chi connectivity index (χ3n) is 1.66. The Bertz CT molecular complexity index is 314. The van der Waals surface area contributed by atoms with Crippen LogP contribution in [0.4, 0.5) is 13.2 Å². The van der Waals surface area contributed by atoms with E-state index in [1.165, 1.54) is 12.1 Å². The summed E-state index contributed by atoms with van der Waals surface area (Å²) < 4.78 is 41.3. The van der Waals surface area contributed by atoms with Crippen LogP contribution in [0, 0.1) is 5.21 Å². The summed E-state index contributed by atoms with van der Waals surface area (Å²) in [5.74, 6) is 0. The minimum atomic E-state index is -4.58. The van der Waals surface area contributed by atoms with Crippen LogP contribution in [-0.2, 0) is 4.74 Å². The first-order valence-corrected chi connectivity index (χ1v) is 3.74. The van der Waals surface area contributed by atoms with Crippen LogP contribution in [0.3, 0.4) is 0 Å². The van der Waals surface area contributed by atoms with E-state index < -0.39 is 18.0 Å². The molecule has 78 valence electrons. The molecule has 14 heavy (non-hydrogen) atoms. The number of hydrogen-bond acceptors (Lipinski definition) is 2. The largest absolute Gasteiger partial charge is 0.618 e. The van der Waals surface area contributed by atoms with Crippen molar-refractivity contribution >= 4 is 0 Å². The van der Waals surface area contributed by atoms with Gasteiger partial charge in [0.2, 0.25) is 11.8 Å². The van der Waals surface area contributed by atoms with Crippen molar-refractivity contribution in [3.63, 3.8) is 0 Å². The number of methoxy groups -OCH3 is 1. The lowest BCUT2D eigenvalue weighted by Gasteiger charge is -2.17. The van der Waals surface area contributed by atoms with Crippen LogP contribution in [-0.4, -0.2) is 13.3 Å². The minimum absolute atomic E-state index is 0.141. The van der Waals surface area contributed by atoms with Crippen molar-refractivity contribution in [3.8, 4) is 0 Å². The lowest BCUT2D eigenvalue weighted by molar-refractivity contribution is -0.621. The molecule has 0 amide bonds. The van der Waals surface area contributed by atoms with Crippen LogP contribution in [0.25, 0.3) is 0 Å². The first kappa shape index (κ1) is 10.8. The fourth-order valence-corrected chi connectivity index (χ4v) is 1.07. The molecule has 0 bridgehead atoms. The van der Waals surface area contributed by atoms with Crippen LogP contribution >= 0.6 is 0 Å². The summed E-state index contributed by atoms with van der Waals surface area (Å²) in [6, 6.07) is 3.77. The van der Waals surface area contributed by atoms with Crippen molar-refractivity contribution in [2.45, 2.75) is 12.3 Å². The first-order valence-electron chi connectivity index (χ1n) is 3.74. The molecule has 0 fully saturated rings. The maximum absolute atomic E-state index is 12.3. The average Bonchev–Trinajstić information content (AvgIpc) is 2.07. The molecule has 0 saturated carbocycles. The molecule has 0 saturated heterocycles. The second-order valence-corrected chi connectivity index (χ2v) is 2.61. The predicted octanol–water partition coefficient (Wildman–Crippen LogP) is 1.57. The van der Waals surface area contributed by atoms with Crippen molar-refractivity contribution in [1.82, 2.24) is 0 Å². The van der Waals surface area contributed by atoms with Gasteiger partial charge in [-0.3, -0.25) is 0 Å². The fourth-order valence-electron chi connectivity index (χ4n) is 1.07. The van der Waals surface area contributed by atoms with E-state index in [0.29, 0.717) is 0 Å². The van der Waals surface area contributed by atoms with E-state index in [2.05, 4.69) is 4.74 Å². The van der Waals surface area contributed by atoms with Gasteiger partial charge in [0, 0.05) is 19.2 Å². The molecule has 6 heteroatoms. The molecule has 3 nitrogen and oxygen atoms in total. The maximum atomic E-state index is 12.3. The third-order valence-corrected chi connectivity index (χ3v) is 1.66. The average molecular weight is 207 g/mol. The van der Waals surface area contributed by atoms with Gasteiger partial charge >= 0.3 is 6.18 Å². The number of aromatic nitrogens is 1. The van der Waals surface area contributed by atoms with Crippen LogP contribution in [0.15, 0.2) is 24.4 Å². The highest BCUT2D eigenvalue weighted by molar-refractivity contribution is 5.03. The molecule has 0 aliphatic carbocycles. The minimum Gasteiger partial charge on any atom is -0.618 e. The molecule has 1 unspecified atom stereocenters. The Labute approximate surface area is 78.3 Å². The highest BCUT2D eigenvalue weighted by Crippen LogP contribution is 2.33. The van der Waals surface area contributed by atoms with Gasteiger partial charge in [-0.25, -0.2) is 0 Å². The molecule has 1 aromatic heterocycles. The van der Waals surface area contributed by atoms with Gasteiger partial charge in [-0.15, -0.1) is 0 Å². The van der Waals surface area contributed by atoms with Gasteiger partial charge in [0.05, 0.1) is 0 Å². The second-order valence-electron chi connectivity index (χ2n) is 2.61. The number of hydrogen-bond donors (Lipinski definition) is 0. The van der Waals surface area contributed by atoms with Crippen molar-refractivity contribution in [1.29, 1.82) is 0 Å². The van der Waals surface area contributed by atoms with Crippen LogP contribution in [0.1, 0.15) is 11.8 Å². The van der Waals surface area contributed by atoms with Gasteiger partial charge < -0.3 is 9.94 Å². The van der Waals surface area contributed by atoms with E-state index in [-0.39, 0.29) is 4.73 Å². The molecule has 0 aromatic carbocycles. The summed E-state index contributed by atoms with van der Waals surface area (Å²) in [6.07, 6.45) is -5.77. The quantitative estimate of drug-likeness (QED) is 0.545. The second kappa shape index (κ2) is 3.83. The smallest absolute Gasteiger partial charge is 0.424 e. The fraction of sp³-hybridized carbons (Fsp3) is 0.375. The van der Waals surface area contributed by atoms with E-state index in [1.54, 1.807) is 0 Å². The Balaban J connectivity index is 3.08. The number of ether oxygens (including phenoxy) is 1.